The van der Waals surface area contributed by atoms with Gasteiger partial charge in [-0.3, -0.25) is 4.79 Å². The minimum Gasteiger partial charge on any atom is -0.389 e. The van der Waals surface area contributed by atoms with Crippen LogP contribution in [0.1, 0.15) is 19.4 Å². The van der Waals surface area contributed by atoms with Crippen molar-refractivity contribution in [2.24, 2.45) is 5.73 Å². The van der Waals surface area contributed by atoms with Gasteiger partial charge in [-0.05, 0) is 26.0 Å². The van der Waals surface area contributed by atoms with Crippen molar-refractivity contribution in [1.82, 2.24) is 4.90 Å². The van der Waals surface area contributed by atoms with Gasteiger partial charge in [0.1, 0.15) is 4.99 Å². The molecule has 6 heteroatoms. The van der Waals surface area contributed by atoms with E-state index in [9.17, 15) is 4.79 Å². The number of nitrogens with one attached hydrogen (secondary N) is 1. The fourth-order valence-corrected chi connectivity index (χ4v) is 2.33. The molecular weight excluding hydrogens is 282 g/mol. The molecule has 0 aromatic heterocycles. The number of thiocarbonyl (C=S) groups is 1. The van der Waals surface area contributed by atoms with E-state index >= 15 is 0 Å². The van der Waals surface area contributed by atoms with Crippen molar-refractivity contribution < 1.29 is 4.79 Å². The van der Waals surface area contributed by atoms with Gasteiger partial charge in [0.25, 0.3) is 0 Å². The molecule has 1 aromatic carbocycles. The molecule has 0 spiro atoms. The molecule has 0 radical (unpaired) electrons. The smallest absolute Gasteiger partial charge is 0.241 e. The monoisotopic (exact) mass is 299 g/mol. The third-order valence-corrected chi connectivity index (χ3v) is 3.33. The van der Waals surface area contributed by atoms with Crippen LogP contribution in [0.15, 0.2) is 18.2 Å². The maximum absolute atomic E-state index is 11.9. The predicted molar refractivity (Wildman–Crippen MR) is 83.8 cm³/mol. The predicted octanol–water partition coefficient (Wildman–Crippen LogP) is 2.25. The quantitative estimate of drug-likeness (QED) is 0.791. The zero-order chi connectivity index (χ0) is 14.4. The van der Waals surface area contributed by atoms with E-state index in [-0.39, 0.29) is 17.4 Å². The van der Waals surface area contributed by atoms with Gasteiger partial charge in [0, 0.05) is 18.8 Å². The molecule has 0 fully saturated rings. The molecule has 0 heterocycles. The molecule has 0 unspecified atom stereocenters. The van der Waals surface area contributed by atoms with Crippen molar-refractivity contribution in [3.8, 4) is 0 Å². The molecule has 104 valence electrons. The molecule has 0 bridgehead atoms. The molecule has 0 aliphatic heterocycles. The van der Waals surface area contributed by atoms with Crippen molar-refractivity contribution in [2.45, 2.75) is 13.8 Å². The number of carbonyl (C=O) groups is 1. The van der Waals surface area contributed by atoms with E-state index in [4.69, 9.17) is 29.6 Å². The molecule has 0 aliphatic carbocycles. The molecule has 1 rings (SSSR count). The number of likely N-dealkylation sites (N-methyl/N-ethyl adjacent to an activating group) is 1. The maximum Gasteiger partial charge on any atom is 0.241 e. The lowest BCUT2D eigenvalue weighted by Crippen LogP contribution is -2.35. The van der Waals surface area contributed by atoms with Crippen molar-refractivity contribution in [2.75, 3.05) is 25.0 Å². The Labute approximate surface area is 123 Å². The Balaban J connectivity index is 2.81. The van der Waals surface area contributed by atoms with Crippen molar-refractivity contribution >= 4 is 40.4 Å². The lowest BCUT2D eigenvalue weighted by molar-refractivity contribution is -0.128. The minimum atomic E-state index is 0.0267. The lowest BCUT2D eigenvalue weighted by Gasteiger charge is -2.20. The average molecular weight is 300 g/mol. The molecule has 0 saturated heterocycles. The topological polar surface area (TPSA) is 58.4 Å². The number of hydrogen-bond acceptors (Lipinski definition) is 3. The molecule has 0 aliphatic rings. The van der Waals surface area contributed by atoms with Gasteiger partial charge < -0.3 is 16.0 Å². The van der Waals surface area contributed by atoms with E-state index < -0.39 is 0 Å². The van der Waals surface area contributed by atoms with Crippen LogP contribution in [0.25, 0.3) is 0 Å². The molecule has 1 amide bonds. The van der Waals surface area contributed by atoms with E-state index in [1.165, 1.54) is 0 Å². The Kier molecular flexibility index (Phi) is 6.05. The third kappa shape index (κ3) is 4.08. The molecule has 3 N–H and O–H groups in total. The van der Waals surface area contributed by atoms with Crippen LogP contribution in [-0.2, 0) is 4.79 Å². The van der Waals surface area contributed by atoms with Gasteiger partial charge in [0.05, 0.1) is 17.1 Å². The highest BCUT2D eigenvalue weighted by atomic mass is 35.5. The SMILES string of the molecule is CCN(CC)C(=O)CNc1cccc(Cl)c1C(N)=S. The van der Waals surface area contributed by atoms with E-state index in [2.05, 4.69) is 5.32 Å². The number of benzene rings is 1. The van der Waals surface area contributed by atoms with Crippen LogP contribution in [0.2, 0.25) is 5.02 Å². The number of carbonyl (C=O) groups excluding carboxylic acids is 1. The fraction of sp³-hybridized carbons (Fsp3) is 0.385. The zero-order valence-electron chi connectivity index (χ0n) is 11.1. The van der Waals surface area contributed by atoms with Crippen LogP contribution in [0.5, 0.6) is 0 Å². The van der Waals surface area contributed by atoms with E-state index in [0.717, 1.165) is 0 Å². The summed E-state index contributed by atoms with van der Waals surface area (Å²) in [6, 6.07) is 5.30. The van der Waals surface area contributed by atoms with Gasteiger partial charge in [0.2, 0.25) is 5.91 Å². The normalized spacial score (nSPS) is 10.1. The second-order valence-corrected chi connectivity index (χ2v) is 4.79. The number of halogens is 1. The Morgan fingerprint density at radius 2 is 2.05 bits per heavy atom. The summed E-state index contributed by atoms with van der Waals surface area (Å²) in [5.41, 5.74) is 6.90. The van der Waals surface area contributed by atoms with Crippen molar-refractivity contribution in [1.29, 1.82) is 0 Å². The van der Waals surface area contributed by atoms with E-state index in [0.29, 0.717) is 29.4 Å². The van der Waals surface area contributed by atoms with Crippen LogP contribution in [0, 0.1) is 0 Å². The largest absolute Gasteiger partial charge is 0.389 e. The lowest BCUT2D eigenvalue weighted by atomic mass is 10.1. The first kappa shape index (κ1) is 15.7. The summed E-state index contributed by atoms with van der Waals surface area (Å²) in [7, 11) is 0. The van der Waals surface area contributed by atoms with Crippen molar-refractivity contribution in [3.05, 3.63) is 28.8 Å². The van der Waals surface area contributed by atoms with Gasteiger partial charge in [-0.2, -0.15) is 0 Å². The molecule has 19 heavy (non-hydrogen) atoms. The Morgan fingerprint density at radius 3 is 2.58 bits per heavy atom. The second-order valence-electron chi connectivity index (χ2n) is 3.95. The van der Waals surface area contributed by atoms with Gasteiger partial charge >= 0.3 is 0 Å². The van der Waals surface area contributed by atoms with Gasteiger partial charge in [-0.15, -0.1) is 0 Å². The molecule has 0 saturated carbocycles. The first-order valence-corrected chi connectivity index (χ1v) is 6.89. The van der Waals surface area contributed by atoms with Gasteiger partial charge in [0.15, 0.2) is 0 Å². The highest BCUT2D eigenvalue weighted by Gasteiger charge is 2.13. The summed E-state index contributed by atoms with van der Waals surface area (Å²) in [5, 5.41) is 3.52. The average Bonchev–Trinajstić information content (AvgIpc) is 2.37. The van der Waals surface area contributed by atoms with Gasteiger partial charge in [-0.1, -0.05) is 29.9 Å². The summed E-state index contributed by atoms with van der Waals surface area (Å²) >= 11 is 11.0. The second kappa shape index (κ2) is 7.31. The molecule has 1 aromatic rings. The summed E-state index contributed by atoms with van der Waals surface area (Å²) in [4.78, 5) is 13.9. The number of rotatable bonds is 6. The first-order valence-electron chi connectivity index (χ1n) is 6.11. The van der Waals surface area contributed by atoms with E-state index in [1.807, 2.05) is 13.8 Å². The summed E-state index contributed by atoms with van der Waals surface area (Å²) < 4.78 is 0. The first-order chi connectivity index (χ1) is 9.01. The number of hydrogen-bond donors (Lipinski definition) is 2. The van der Waals surface area contributed by atoms with Crippen LogP contribution in [-0.4, -0.2) is 35.4 Å². The van der Waals surface area contributed by atoms with Crippen LogP contribution in [0.3, 0.4) is 0 Å². The fourth-order valence-electron chi connectivity index (χ4n) is 1.78. The van der Waals surface area contributed by atoms with Crippen molar-refractivity contribution in [3.63, 3.8) is 0 Å². The van der Waals surface area contributed by atoms with E-state index in [1.54, 1.807) is 23.1 Å². The molecule has 4 nitrogen and oxygen atoms in total. The molecular formula is C13H18ClN3OS. The number of nitrogens with two attached hydrogens (primary N) is 1. The maximum atomic E-state index is 11.9. The summed E-state index contributed by atoms with van der Waals surface area (Å²) in [5.74, 6) is 0.0267. The van der Waals surface area contributed by atoms with Crippen LogP contribution in [0.4, 0.5) is 5.69 Å². The Morgan fingerprint density at radius 1 is 1.42 bits per heavy atom. The number of amides is 1. The van der Waals surface area contributed by atoms with Crippen LogP contribution < -0.4 is 11.1 Å². The standard InChI is InChI=1S/C13H18ClN3OS/c1-3-17(4-2)11(18)8-16-10-7-5-6-9(14)12(10)13(15)19/h5-7,16H,3-4,8H2,1-2H3,(H2,15,19). The van der Waals surface area contributed by atoms with Gasteiger partial charge in [-0.25, -0.2) is 0 Å². The third-order valence-electron chi connectivity index (χ3n) is 2.81. The summed E-state index contributed by atoms with van der Waals surface area (Å²) in [6.07, 6.45) is 0. The minimum absolute atomic E-state index is 0.0267. The zero-order valence-corrected chi connectivity index (χ0v) is 12.6. The number of nitrogens with zero attached hydrogens (tertiary/aromatic N) is 1. The Bertz CT molecular complexity index is 475. The Hall–Kier alpha value is -1.33. The highest BCUT2D eigenvalue weighted by molar-refractivity contribution is 7.80. The molecule has 0 atom stereocenters. The van der Waals surface area contributed by atoms with Crippen LogP contribution >= 0.6 is 23.8 Å². The highest BCUT2D eigenvalue weighted by Crippen LogP contribution is 2.24. The summed E-state index contributed by atoms with van der Waals surface area (Å²) in [6.45, 7) is 5.46. The number of anilines is 1.